The van der Waals surface area contributed by atoms with Gasteiger partial charge in [0.1, 0.15) is 23.2 Å². The average Bonchev–Trinajstić information content (AvgIpc) is 3.67. The first-order valence-corrected chi connectivity index (χ1v) is 16.9. The molecule has 2 aliphatic rings. The van der Waals surface area contributed by atoms with Crippen LogP contribution >= 0.6 is 6.72 Å². The maximum atomic E-state index is 10.9. The molecule has 5 atom stereocenters. The van der Waals surface area contributed by atoms with Gasteiger partial charge in [-0.15, -0.1) is 0 Å². The highest BCUT2D eigenvalue weighted by Crippen LogP contribution is 2.49. The minimum Gasteiger partial charge on any atom is -0.497 e. The van der Waals surface area contributed by atoms with Crippen molar-refractivity contribution in [1.29, 1.82) is 0 Å². The second-order valence-electron chi connectivity index (χ2n) is 10.4. The van der Waals surface area contributed by atoms with Gasteiger partial charge in [-0.2, -0.15) is 0 Å². The van der Waals surface area contributed by atoms with Crippen molar-refractivity contribution in [2.24, 2.45) is 0 Å². The Hall–Kier alpha value is -2.33. The quantitative estimate of drug-likeness (QED) is 0.184. The van der Waals surface area contributed by atoms with Gasteiger partial charge in [0, 0.05) is 19.6 Å². The fourth-order valence-electron chi connectivity index (χ4n) is 5.67. The van der Waals surface area contributed by atoms with Crippen LogP contribution in [0.4, 0.5) is 0 Å². The summed E-state index contributed by atoms with van der Waals surface area (Å²) < 4.78 is 41.6. The normalized spacial score (nSPS) is 23.9. The molecule has 0 aliphatic carbocycles. The van der Waals surface area contributed by atoms with E-state index >= 15 is 0 Å². The van der Waals surface area contributed by atoms with Crippen molar-refractivity contribution in [3.8, 4) is 11.5 Å². The SMILES string of the molecule is CC[C@H]1OCCC1OP(O)(=S)OC[C@H]1OCCC1OC(c1ccccc1)(c1ccc(OC)cc1)c1ccc(OC)cc1. The first kappa shape index (κ1) is 31.1. The summed E-state index contributed by atoms with van der Waals surface area (Å²) in [5, 5.41) is 0. The molecule has 0 amide bonds. The number of methoxy groups -OCH3 is 2. The van der Waals surface area contributed by atoms with Crippen LogP contribution in [0.5, 0.6) is 11.5 Å². The molecule has 1 N–H and O–H groups in total. The number of ether oxygens (including phenoxy) is 5. The van der Waals surface area contributed by atoms with Crippen LogP contribution in [-0.2, 0) is 40.7 Å². The van der Waals surface area contributed by atoms with Crippen LogP contribution in [0.1, 0.15) is 42.9 Å². The molecule has 3 aromatic rings. The summed E-state index contributed by atoms with van der Waals surface area (Å²) in [6, 6.07) is 25.9. The number of benzene rings is 3. The van der Waals surface area contributed by atoms with Gasteiger partial charge in [-0.25, -0.2) is 0 Å². The molecule has 0 radical (unpaired) electrons. The summed E-state index contributed by atoms with van der Waals surface area (Å²) in [5.74, 6) is 1.50. The molecule has 8 nitrogen and oxygen atoms in total. The van der Waals surface area contributed by atoms with E-state index in [1.807, 2.05) is 73.7 Å². The summed E-state index contributed by atoms with van der Waals surface area (Å²) in [6.45, 7) is -0.397. The Labute approximate surface area is 253 Å². The highest BCUT2D eigenvalue weighted by Gasteiger charge is 2.44. The third kappa shape index (κ3) is 6.90. The van der Waals surface area contributed by atoms with Crippen LogP contribution in [0.2, 0.25) is 0 Å². The van der Waals surface area contributed by atoms with E-state index in [9.17, 15) is 4.89 Å². The highest BCUT2D eigenvalue weighted by atomic mass is 32.5. The van der Waals surface area contributed by atoms with Crippen LogP contribution in [0, 0.1) is 0 Å². The van der Waals surface area contributed by atoms with E-state index in [4.69, 9.17) is 44.5 Å². The Morgan fingerprint density at radius 1 is 0.786 bits per heavy atom. The Morgan fingerprint density at radius 2 is 1.31 bits per heavy atom. The van der Waals surface area contributed by atoms with Gasteiger partial charge in [0.15, 0.2) is 0 Å². The number of hydrogen-bond acceptors (Lipinski definition) is 8. The summed E-state index contributed by atoms with van der Waals surface area (Å²) in [6.07, 6.45) is 0.876. The molecule has 0 spiro atoms. The predicted molar refractivity (Wildman–Crippen MR) is 164 cm³/mol. The molecule has 2 saturated heterocycles. The van der Waals surface area contributed by atoms with E-state index in [2.05, 4.69) is 12.1 Å². The molecule has 3 aromatic carbocycles. The maximum Gasteiger partial charge on any atom is 0.324 e. The Kier molecular flexibility index (Phi) is 10.3. The monoisotopic (exact) mass is 614 g/mol. The summed E-state index contributed by atoms with van der Waals surface area (Å²) in [7, 11) is 3.30. The molecule has 2 fully saturated rings. The van der Waals surface area contributed by atoms with Gasteiger partial charge < -0.3 is 37.6 Å². The molecule has 5 rings (SSSR count). The Morgan fingerprint density at radius 3 is 1.86 bits per heavy atom. The molecule has 2 aliphatic heterocycles. The summed E-state index contributed by atoms with van der Waals surface area (Å²) >= 11 is 5.39. The van der Waals surface area contributed by atoms with Crippen LogP contribution < -0.4 is 9.47 Å². The highest BCUT2D eigenvalue weighted by molar-refractivity contribution is 8.07. The van der Waals surface area contributed by atoms with E-state index in [-0.39, 0.29) is 24.9 Å². The van der Waals surface area contributed by atoms with E-state index in [0.717, 1.165) is 34.6 Å². The topological polar surface area (TPSA) is 84.8 Å². The molecule has 3 unspecified atom stereocenters. The predicted octanol–water partition coefficient (Wildman–Crippen LogP) is 5.99. The molecular formula is C32H39O8PS. The van der Waals surface area contributed by atoms with Crippen molar-refractivity contribution in [2.75, 3.05) is 34.0 Å². The van der Waals surface area contributed by atoms with Crippen molar-refractivity contribution in [3.05, 3.63) is 95.6 Å². The van der Waals surface area contributed by atoms with Crippen molar-refractivity contribution in [2.45, 2.75) is 56.2 Å². The summed E-state index contributed by atoms with van der Waals surface area (Å²) in [5.41, 5.74) is 1.80. The smallest absolute Gasteiger partial charge is 0.324 e. The molecule has 42 heavy (non-hydrogen) atoms. The molecule has 226 valence electrons. The van der Waals surface area contributed by atoms with Gasteiger partial charge in [0.2, 0.25) is 0 Å². The molecule has 0 saturated carbocycles. The zero-order chi connectivity index (χ0) is 29.6. The molecular weight excluding hydrogens is 575 g/mol. The van der Waals surface area contributed by atoms with Gasteiger partial charge in [-0.1, -0.05) is 61.5 Å². The third-order valence-electron chi connectivity index (χ3n) is 7.87. The van der Waals surface area contributed by atoms with Crippen LogP contribution in [0.15, 0.2) is 78.9 Å². The van der Waals surface area contributed by atoms with E-state index < -0.39 is 18.4 Å². The average molecular weight is 615 g/mol. The zero-order valence-electron chi connectivity index (χ0n) is 24.2. The van der Waals surface area contributed by atoms with Crippen LogP contribution in [0.25, 0.3) is 0 Å². The Balaban J connectivity index is 1.46. The molecule has 0 bridgehead atoms. The van der Waals surface area contributed by atoms with Crippen molar-refractivity contribution < 1.29 is 37.6 Å². The van der Waals surface area contributed by atoms with Gasteiger partial charge >= 0.3 is 6.72 Å². The van der Waals surface area contributed by atoms with Crippen molar-refractivity contribution in [3.63, 3.8) is 0 Å². The zero-order valence-corrected chi connectivity index (χ0v) is 25.9. The van der Waals surface area contributed by atoms with Gasteiger partial charge in [0.25, 0.3) is 0 Å². The fraction of sp³-hybridized carbons (Fsp3) is 0.438. The van der Waals surface area contributed by atoms with E-state index in [0.29, 0.717) is 26.1 Å². The maximum absolute atomic E-state index is 10.9. The van der Waals surface area contributed by atoms with Crippen molar-refractivity contribution >= 4 is 18.5 Å². The summed E-state index contributed by atoms with van der Waals surface area (Å²) in [4.78, 5) is 10.9. The second kappa shape index (κ2) is 14.0. The number of hydrogen-bond donors (Lipinski definition) is 1. The molecule has 0 aromatic heterocycles. The lowest BCUT2D eigenvalue weighted by Gasteiger charge is -2.39. The first-order chi connectivity index (χ1) is 20.4. The minimum atomic E-state index is -3.52. The third-order valence-corrected chi connectivity index (χ3v) is 9.46. The largest absolute Gasteiger partial charge is 0.497 e. The van der Waals surface area contributed by atoms with Gasteiger partial charge in [0.05, 0.1) is 39.1 Å². The molecule has 10 heteroatoms. The van der Waals surface area contributed by atoms with Gasteiger partial charge in [-0.3, -0.25) is 0 Å². The van der Waals surface area contributed by atoms with Crippen LogP contribution in [-0.4, -0.2) is 63.3 Å². The second-order valence-corrected chi connectivity index (χ2v) is 13.2. The lowest BCUT2D eigenvalue weighted by Crippen LogP contribution is -2.41. The molecule has 2 heterocycles. The van der Waals surface area contributed by atoms with Gasteiger partial charge in [-0.05, 0) is 65.6 Å². The standard InChI is InChI=1S/C32H39O8PS/c1-4-28-30(19-21-36-28)40-41(33,42)38-22-31-29(18-20-37-31)39-32(23-8-6-5-7-9-23,24-10-14-26(34-2)15-11-24)25-12-16-27(35-3)17-13-25/h5-17,28-31H,4,18-22H2,1-3H3,(H,33,42)/t28-,29?,30?,31-,41?/m1/s1. The lowest BCUT2D eigenvalue weighted by atomic mass is 9.79. The van der Waals surface area contributed by atoms with E-state index in [1.54, 1.807) is 14.2 Å². The van der Waals surface area contributed by atoms with E-state index in [1.165, 1.54) is 0 Å². The Bertz CT molecular complexity index is 1270. The van der Waals surface area contributed by atoms with Crippen LogP contribution in [0.3, 0.4) is 0 Å². The number of rotatable bonds is 13. The lowest BCUT2D eigenvalue weighted by molar-refractivity contribution is -0.0890. The minimum absolute atomic E-state index is 0.0406. The first-order valence-electron chi connectivity index (χ1n) is 14.3. The fourth-order valence-corrected chi connectivity index (χ4v) is 7.17. The van der Waals surface area contributed by atoms with Crippen molar-refractivity contribution in [1.82, 2.24) is 0 Å².